The van der Waals surface area contributed by atoms with Crippen molar-refractivity contribution in [1.82, 2.24) is 0 Å². The van der Waals surface area contributed by atoms with E-state index in [1.165, 1.54) is 0 Å². The van der Waals surface area contributed by atoms with E-state index in [0.717, 1.165) is 18.2 Å². The van der Waals surface area contributed by atoms with Crippen LogP contribution in [0.5, 0.6) is 5.75 Å². The predicted molar refractivity (Wildman–Crippen MR) is 78.9 cm³/mol. The number of ether oxygens (including phenoxy) is 2. The summed E-state index contributed by atoms with van der Waals surface area (Å²) in [5, 5.41) is 0. The van der Waals surface area contributed by atoms with Gasteiger partial charge in [-0.3, -0.25) is 4.55 Å². The van der Waals surface area contributed by atoms with E-state index in [2.05, 4.69) is 16.1 Å². The third-order valence-corrected chi connectivity index (χ3v) is 3.81. The second-order valence-corrected chi connectivity index (χ2v) is 6.54. The van der Waals surface area contributed by atoms with Crippen molar-refractivity contribution in [2.45, 2.75) is 18.0 Å². The van der Waals surface area contributed by atoms with E-state index in [9.17, 15) is 44.3 Å². The Morgan fingerprint density at radius 2 is 1.50 bits per heavy atom. The summed E-state index contributed by atoms with van der Waals surface area (Å²) in [4.78, 5) is 22.8. The number of carbonyl (C=O) groups excluding carboxylic acids is 2. The van der Waals surface area contributed by atoms with Gasteiger partial charge in [-0.15, -0.1) is 0 Å². The summed E-state index contributed by atoms with van der Waals surface area (Å²) in [6.45, 7) is 3.09. The highest BCUT2D eigenvalue weighted by Crippen LogP contribution is 2.47. The van der Waals surface area contributed by atoms with E-state index in [-0.39, 0.29) is 5.75 Å². The van der Waals surface area contributed by atoms with E-state index >= 15 is 0 Å². The van der Waals surface area contributed by atoms with Gasteiger partial charge < -0.3 is 9.47 Å². The predicted octanol–water partition coefficient (Wildman–Crippen LogP) is 2.69. The Labute approximate surface area is 153 Å². The van der Waals surface area contributed by atoms with Gasteiger partial charge in [0.25, 0.3) is 10.1 Å². The molecule has 0 saturated heterocycles. The summed E-state index contributed by atoms with van der Waals surface area (Å²) in [5.41, 5.74) is -6.37. The summed E-state index contributed by atoms with van der Waals surface area (Å²) in [6.07, 6.45) is -12.1. The molecule has 1 aromatic carbocycles. The summed E-state index contributed by atoms with van der Waals surface area (Å²) in [7, 11) is -5.88. The van der Waals surface area contributed by atoms with Crippen LogP contribution in [0, 0.1) is 0 Å². The summed E-state index contributed by atoms with van der Waals surface area (Å²) < 4.78 is 117. The first kappa shape index (κ1) is 23.4. The maximum absolute atomic E-state index is 13.1. The summed E-state index contributed by atoms with van der Waals surface area (Å²) in [5.74, 6) is -6.35. The van der Waals surface area contributed by atoms with Gasteiger partial charge in [0.05, 0.1) is 5.56 Å². The quantitative estimate of drug-likeness (QED) is 0.240. The highest BCUT2D eigenvalue weighted by molar-refractivity contribution is 7.85. The van der Waals surface area contributed by atoms with Crippen molar-refractivity contribution >= 4 is 22.1 Å². The SMILES string of the molecule is C=CC(=O)Oc1ccc(C(=O)OC(CS(=O)(=O)O)(C(F)(F)F)C(F)(F)F)cc1. The lowest BCUT2D eigenvalue weighted by atomic mass is 10.1. The topological polar surface area (TPSA) is 107 Å². The van der Waals surface area contributed by atoms with Crippen molar-refractivity contribution in [1.29, 1.82) is 0 Å². The Morgan fingerprint density at radius 3 is 1.86 bits per heavy atom. The summed E-state index contributed by atoms with van der Waals surface area (Å²) >= 11 is 0. The molecule has 14 heteroatoms. The zero-order valence-corrected chi connectivity index (χ0v) is 14.2. The van der Waals surface area contributed by atoms with Gasteiger partial charge in [-0.2, -0.15) is 34.8 Å². The molecule has 0 aromatic heterocycles. The van der Waals surface area contributed by atoms with Gasteiger partial charge in [0.15, 0.2) is 0 Å². The molecule has 1 N–H and O–H groups in total. The van der Waals surface area contributed by atoms with Crippen LogP contribution in [0.15, 0.2) is 36.9 Å². The molecule has 0 amide bonds. The lowest BCUT2D eigenvalue weighted by molar-refractivity contribution is -0.356. The van der Waals surface area contributed by atoms with Gasteiger partial charge in [-0.1, -0.05) is 6.58 Å². The molecule has 7 nitrogen and oxygen atoms in total. The normalized spacial score (nSPS) is 13.0. The van der Waals surface area contributed by atoms with Crippen LogP contribution in [0.25, 0.3) is 0 Å². The van der Waals surface area contributed by atoms with Gasteiger partial charge in [-0.05, 0) is 24.3 Å². The number of hydrogen-bond acceptors (Lipinski definition) is 6. The molecule has 0 unspecified atom stereocenters. The molecule has 0 aliphatic rings. The zero-order chi connectivity index (χ0) is 22.0. The summed E-state index contributed by atoms with van der Waals surface area (Å²) in [6, 6.07) is 3.03. The average Bonchev–Trinajstić information content (AvgIpc) is 2.51. The molecule has 1 aromatic rings. The van der Waals surface area contributed by atoms with Crippen LogP contribution in [0.3, 0.4) is 0 Å². The van der Waals surface area contributed by atoms with Crippen molar-refractivity contribution in [2.75, 3.05) is 5.75 Å². The maximum Gasteiger partial charge on any atom is 0.438 e. The van der Waals surface area contributed by atoms with Crippen LogP contribution in [-0.2, 0) is 19.6 Å². The molecular weight excluding hydrogens is 426 g/mol. The Bertz CT molecular complexity index is 842. The van der Waals surface area contributed by atoms with Crippen molar-refractivity contribution in [3.63, 3.8) is 0 Å². The van der Waals surface area contributed by atoms with E-state index in [1.807, 2.05) is 0 Å². The van der Waals surface area contributed by atoms with Crippen LogP contribution in [-0.4, -0.2) is 48.6 Å². The molecule has 0 radical (unpaired) electrons. The first-order chi connectivity index (χ1) is 12.5. The average molecular weight is 436 g/mol. The Kier molecular flexibility index (Phi) is 6.52. The Hall–Kier alpha value is -2.61. The van der Waals surface area contributed by atoms with Gasteiger partial charge in [0, 0.05) is 6.08 Å². The van der Waals surface area contributed by atoms with Crippen LogP contribution >= 0.6 is 0 Å². The fraction of sp³-hybridized carbons (Fsp3) is 0.286. The molecule has 0 bridgehead atoms. The first-order valence-corrected chi connectivity index (χ1v) is 8.39. The lowest BCUT2D eigenvalue weighted by Crippen LogP contribution is -2.63. The largest absolute Gasteiger partial charge is 0.438 e. The van der Waals surface area contributed by atoms with Crippen molar-refractivity contribution in [3.8, 4) is 5.75 Å². The number of halogens is 6. The third kappa shape index (κ3) is 5.45. The molecule has 1 rings (SSSR count). The standard InChI is InChI=1S/C14H10F6O7S/c1-2-10(21)26-9-5-3-8(4-6-9)11(22)27-12(13(15,16)17,14(18,19)20)7-28(23,24)25/h2-6H,1,7H2,(H,23,24,25). The van der Waals surface area contributed by atoms with Crippen molar-refractivity contribution in [3.05, 3.63) is 42.5 Å². The van der Waals surface area contributed by atoms with Gasteiger partial charge in [0.1, 0.15) is 11.5 Å². The molecule has 0 heterocycles. The molecule has 0 atom stereocenters. The monoisotopic (exact) mass is 436 g/mol. The van der Waals surface area contributed by atoms with Gasteiger partial charge in [0.2, 0.25) is 0 Å². The molecule has 0 spiro atoms. The lowest BCUT2D eigenvalue weighted by Gasteiger charge is -2.35. The Balaban J connectivity index is 3.30. The van der Waals surface area contributed by atoms with Crippen LogP contribution in [0.2, 0.25) is 0 Å². The molecule has 156 valence electrons. The number of hydrogen-bond donors (Lipinski definition) is 1. The second kappa shape index (κ2) is 7.79. The molecule has 28 heavy (non-hydrogen) atoms. The fourth-order valence-electron chi connectivity index (χ4n) is 1.76. The number of alkyl halides is 6. The number of rotatable bonds is 6. The molecule has 0 saturated carbocycles. The minimum absolute atomic E-state index is 0.225. The van der Waals surface area contributed by atoms with E-state index in [1.54, 1.807) is 0 Å². The van der Waals surface area contributed by atoms with Gasteiger partial charge in [-0.25, -0.2) is 9.59 Å². The van der Waals surface area contributed by atoms with Crippen LogP contribution in [0.1, 0.15) is 10.4 Å². The second-order valence-electron chi connectivity index (χ2n) is 5.09. The first-order valence-electron chi connectivity index (χ1n) is 6.79. The molecule has 0 aliphatic heterocycles. The third-order valence-electron chi connectivity index (χ3n) is 3.04. The maximum atomic E-state index is 13.1. The highest BCUT2D eigenvalue weighted by Gasteiger charge is 2.76. The van der Waals surface area contributed by atoms with Crippen LogP contribution < -0.4 is 4.74 Å². The zero-order valence-electron chi connectivity index (χ0n) is 13.4. The highest BCUT2D eigenvalue weighted by atomic mass is 32.2. The number of carbonyl (C=O) groups is 2. The van der Waals surface area contributed by atoms with Crippen molar-refractivity contribution in [2.24, 2.45) is 0 Å². The molecule has 0 fully saturated rings. The molecular formula is C14H10F6O7S. The molecule has 0 aliphatic carbocycles. The number of esters is 2. The van der Waals surface area contributed by atoms with E-state index in [4.69, 9.17) is 4.55 Å². The van der Waals surface area contributed by atoms with Crippen LogP contribution in [0.4, 0.5) is 26.3 Å². The minimum Gasteiger partial charge on any atom is -0.435 e. The Morgan fingerprint density at radius 1 is 1.04 bits per heavy atom. The van der Waals surface area contributed by atoms with Gasteiger partial charge >= 0.3 is 29.9 Å². The smallest absolute Gasteiger partial charge is 0.435 e. The van der Waals surface area contributed by atoms with E-state index < -0.39 is 51.3 Å². The van der Waals surface area contributed by atoms with Crippen molar-refractivity contribution < 1.29 is 58.4 Å². The number of benzene rings is 1. The minimum atomic E-state index is -6.43. The fourth-order valence-corrected chi connectivity index (χ4v) is 2.66. The van der Waals surface area contributed by atoms with E-state index in [0.29, 0.717) is 12.1 Å².